The van der Waals surface area contributed by atoms with Gasteiger partial charge in [-0.1, -0.05) is 37.6 Å². The first-order chi connectivity index (χ1) is 21.2. The molecule has 11 nitrogen and oxygen atoms in total. The van der Waals surface area contributed by atoms with Gasteiger partial charge < -0.3 is 25.7 Å². The molecule has 3 atom stereocenters. The first-order valence-corrected chi connectivity index (χ1v) is 15.1. The van der Waals surface area contributed by atoms with Crippen LogP contribution in [-0.4, -0.2) is 81.6 Å². The van der Waals surface area contributed by atoms with Gasteiger partial charge in [0.1, 0.15) is 5.82 Å². The molecule has 244 valence electrons. The van der Waals surface area contributed by atoms with Gasteiger partial charge >= 0.3 is 11.9 Å². The lowest BCUT2D eigenvalue weighted by atomic mass is 9.88. The van der Waals surface area contributed by atoms with Gasteiger partial charge in [-0.3, -0.25) is 19.5 Å². The Morgan fingerprint density at radius 3 is 2.42 bits per heavy atom. The van der Waals surface area contributed by atoms with Crippen molar-refractivity contribution in [1.29, 1.82) is 0 Å². The number of nitrogens with one attached hydrogen (secondary N) is 2. The van der Waals surface area contributed by atoms with Crippen LogP contribution in [0, 0.1) is 17.7 Å². The Morgan fingerprint density at radius 2 is 1.82 bits per heavy atom. The summed E-state index contributed by atoms with van der Waals surface area (Å²) in [6.07, 6.45) is 5.22. The third-order valence-electron chi connectivity index (χ3n) is 7.73. The fourth-order valence-electron chi connectivity index (χ4n) is 5.68. The molecule has 1 aromatic heterocycles. The van der Waals surface area contributed by atoms with E-state index < -0.39 is 17.8 Å². The molecular weight excluding hydrogens is 605 g/mol. The van der Waals surface area contributed by atoms with Crippen LogP contribution in [0.4, 0.5) is 10.1 Å². The van der Waals surface area contributed by atoms with Crippen LogP contribution in [0.25, 0.3) is 0 Å². The highest BCUT2D eigenvalue weighted by atomic mass is 35.5. The molecule has 0 aliphatic carbocycles. The van der Waals surface area contributed by atoms with Crippen LogP contribution in [0.3, 0.4) is 0 Å². The zero-order valence-corrected chi connectivity index (χ0v) is 26.6. The number of rotatable bonds is 9. The largest absolute Gasteiger partial charge is 0.478 e. The minimum Gasteiger partial charge on any atom is -0.478 e. The molecule has 2 fully saturated rings. The maximum atomic E-state index is 13.8. The number of pyridine rings is 1. The number of carbonyl (C=O) groups is 4. The molecule has 4 N–H and O–H groups in total. The van der Waals surface area contributed by atoms with E-state index in [1.54, 1.807) is 17.2 Å². The van der Waals surface area contributed by atoms with Gasteiger partial charge in [-0.25, -0.2) is 14.0 Å². The predicted octanol–water partition coefficient (Wildman–Crippen LogP) is 3.89. The molecule has 0 saturated carbocycles. The summed E-state index contributed by atoms with van der Waals surface area (Å²) in [6.45, 7) is 10.4. The monoisotopic (exact) mass is 645 g/mol. The highest BCUT2D eigenvalue weighted by Crippen LogP contribution is 2.34. The van der Waals surface area contributed by atoms with Gasteiger partial charge in [0, 0.05) is 49.6 Å². The maximum Gasteiger partial charge on any atom is 0.328 e. The molecule has 0 unspecified atom stereocenters. The van der Waals surface area contributed by atoms with Crippen molar-refractivity contribution in [3.8, 4) is 0 Å². The van der Waals surface area contributed by atoms with Gasteiger partial charge in [-0.2, -0.15) is 0 Å². The topological polar surface area (TPSA) is 152 Å². The quantitative estimate of drug-likeness (QED) is 0.298. The van der Waals surface area contributed by atoms with E-state index in [2.05, 4.69) is 48.2 Å². The van der Waals surface area contributed by atoms with E-state index in [4.69, 9.17) is 21.8 Å². The summed E-state index contributed by atoms with van der Waals surface area (Å²) in [4.78, 5) is 53.7. The summed E-state index contributed by atoms with van der Waals surface area (Å²) >= 11 is 6.39. The summed E-state index contributed by atoms with van der Waals surface area (Å²) < 4.78 is 13.8. The van der Waals surface area contributed by atoms with Crippen molar-refractivity contribution in [2.24, 2.45) is 11.8 Å². The zero-order valence-electron chi connectivity index (χ0n) is 25.9. The third-order valence-corrected chi connectivity index (χ3v) is 8.05. The highest BCUT2D eigenvalue weighted by molar-refractivity contribution is 6.33. The fourth-order valence-corrected chi connectivity index (χ4v) is 5.92. The van der Waals surface area contributed by atoms with Crippen LogP contribution in [0.15, 0.2) is 54.9 Å². The standard InChI is InChI=1S/C28H37ClFN5O2.C4H4O4/c1-18(2)9-24(19-10-21(30)14-31-12-19)33-27(37)20-11-22(15-32-13-20)35-16-26(36)34(17-28(35,3)4)25-8-6-5-7-23(25)29;5-3(6)1-2-4(7)8/h5-8,10,12,14,18,20,22,24,32H,9,11,13,15-17H2,1-4H3,(H,33,37);1-2H,(H,5,6)(H,7,8)/b;2-1+/t20-,22+,24+;/m0./s1. The number of halogens is 2. The second-order valence-electron chi connectivity index (χ2n) is 12.3. The molecule has 2 amide bonds. The number of anilines is 1. The van der Waals surface area contributed by atoms with Gasteiger partial charge in [-0.15, -0.1) is 0 Å². The SMILES string of the molecule is CC(C)C[C@@H](NC(=O)[C@@H]1CNC[C@H](N2CC(=O)N(c3ccccc3Cl)CC2(C)C)C1)c1cncc(F)c1.O=C(O)/C=C/C(=O)O. The average molecular weight is 646 g/mol. The molecule has 3 heterocycles. The normalized spacial score (nSPS) is 20.8. The van der Waals surface area contributed by atoms with E-state index in [0.29, 0.717) is 61.1 Å². The maximum absolute atomic E-state index is 13.8. The Bertz CT molecular complexity index is 1390. The van der Waals surface area contributed by atoms with Crippen LogP contribution < -0.4 is 15.5 Å². The third kappa shape index (κ3) is 10.3. The predicted molar refractivity (Wildman–Crippen MR) is 168 cm³/mol. The molecule has 2 aromatic rings. The highest BCUT2D eigenvalue weighted by Gasteiger charge is 2.44. The average Bonchev–Trinajstić information content (AvgIpc) is 2.97. The van der Waals surface area contributed by atoms with E-state index in [1.807, 2.05) is 18.2 Å². The summed E-state index contributed by atoms with van der Waals surface area (Å²) in [7, 11) is 0. The molecule has 1 aromatic carbocycles. The molecule has 0 spiro atoms. The van der Waals surface area contributed by atoms with Crippen LogP contribution in [0.5, 0.6) is 0 Å². The molecule has 13 heteroatoms. The number of carboxylic acid groups (broad SMARTS) is 2. The second kappa shape index (κ2) is 15.9. The van der Waals surface area contributed by atoms with E-state index in [0.717, 1.165) is 5.69 Å². The first kappa shape index (κ1) is 35.6. The first-order valence-electron chi connectivity index (χ1n) is 14.7. The van der Waals surface area contributed by atoms with Crippen LogP contribution in [0.1, 0.15) is 52.1 Å². The zero-order chi connectivity index (χ0) is 33.3. The molecule has 4 rings (SSSR count). The van der Waals surface area contributed by atoms with Crippen molar-refractivity contribution < 1.29 is 33.8 Å². The summed E-state index contributed by atoms with van der Waals surface area (Å²) in [5.74, 6) is -2.95. The number of piperazine rings is 1. The molecule has 2 aliphatic rings. The summed E-state index contributed by atoms with van der Waals surface area (Å²) in [5, 5.41) is 22.7. The Balaban J connectivity index is 0.000000610. The number of para-hydroxylation sites is 1. The van der Waals surface area contributed by atoms with E-state index in [9.17, 15) is 23.6 Å². The molecule has 2 saturated heterocycles. The van der Waals surface area contributed by atoms with Gasteiger partial charge in [0.05, 0.1) is 35.4 Å². The minimum absolute atomic E-state index is 0.00500. The number of benzene rings is 1. The van der Waals surface area contributed by atoms with Crippen molar-refractivity contribution in [2.45, 2.75) is 58.2 Å². The van der Waals surface area contributed by atoms with Gasteiger partial charge in [0.25, 0.3) is 0 Å². The second-order valence-corrected chi connectivity index (χ2v) is 12.7. The number of hydrogen-bond donors (Lipinski definition) is 4. The molecule has 0 radical (unpaired) electrons. The number of hydrogen-bond acceptors (Lipinski definition) is 7. The Labute approximate surface area is 267 Å². The smallest absolute Gasteiger partial charge is 0.328 e. The summed E-state index contributed by atoms with van der Waals surface area (Å²) in [5.41, 5.74) is 1.08. The van der Waals surface area contributed by atoms with Crippen molar-refractivity contribution in [3.05, 3.63) is 71.3 Å². The Hall–Kier alpha value is -3.87. The number of amides is 2. The molecule has 2 aliphatic heterocycles. The number of carboxylic acids is 2. The van der Waals surface area contributed by atoms with Crippen molar-refractivity contribution >= 4 is 41.0 Å². The van der Waals surface area contributed by atoms with E-state index in [-0.39, 0.29) is 41.9 Å². The van der Waals surface area contributed by atoms with E-state index in [1.165, 1.54) is 12.3 Å². The van der Waals surface area contributed by atoms with Crippen LogP contribution >= 0.6 is 11.6 Å². The Morgan fingerprint density at radius 1 is 1.16 bits per heavy atom. The van der Waals surface area contributed by atoms with Crippen molar-refractivity contribution in [1.82, 2.24) is 20.5 Å². The lowest BCUT2D eigenvalue weighted by Gasteiger charge is -2.51. The molecule has 0 bridgehead atoms. The van der Waals surface area contributed by atoms with Crippen molar-refractivity contribution in [3.63, 3.8) is 0 Å². The van der Waals surface area contributed by atoms with Crippen molar-refractivity contribution in [2.75, 3.05) is 31.1 Å². The van der Waals surface area contributed by atoms with Crippen LogP contribution in [-0.2, 0) is 19.2 Å². The molecular formula is C32H41ClFN5O6. The van der Waals surface area contributed by atoms with Gasteiger partial charge in [-0.05, 0) is 56.4 Å². The number of carbonyl (C=O) groups excluding carboxylic acids is 2. The fraction of sp³-hybridized carbons (Fsp3) is 0.469. The summed E-state index contributed by atoms with van der Waals surface area (Å²) in [6, 6.07) is 8.56. The van der Waals surface area contributed by atoms with Gasteiger partial charge in [0.2, 0.25) is 11.8 Å². The lowest BCUT2D eigenvalue weighted by molar-refractivity contribution is -0.134. The van der Waals surface area contributed by atoms with Crippen LogP contribution in [0.2, 0.25) is 5.02 Å². The molecule has 45 heavy (non-hydrogen) atoms. The number of piperidine rings is 1. The number of nitrogens with zero attached hydrogens (tertiary/aromatic N) is 3. The van der Waals surface area contributed by atoms with Gasteiger partial charge in [0.15, 0.2) is 0 Å². The minimum atomic E-state index is -1.26. The number of aliphatic carboxylic acids is 2. The number of aromatic nitrogens is 1. The Kier molecular flexibility index (Phi) is 12.6. The lowest BCUT2D eigenvalue weighted by Crippen LogP contribution is -2.67. The van der Waals surface area contributed by atoms with E-state index >= 15 is 0 Å².